The quantitative estimate of drug-likeness (QED) is 0.184. The number of carbonyl (C=O) groups is 1. The van der Waals surface area contributed by atoms with Crippen LogP contribution in [0.5, 0.6) is 0 Å². The molecule has 0 aliphatic heterocycles. The summed E-state index contributed by atoms with van der Waals surface area (Å²) in [5.74, 6) is -0.136. The highest BCUT2D eigenvalue weighted by atomic mass is 32.1. The maximum atomic E-state index is 12.7. The summed E-state index contributed by atoms with van der Waals surface area (Å²) in [6.07, 6.45) is 0.976. The summed E-state index contributed by atoms with van der Waals surface area (Å²) in [5.41, 5.74) is 12.2. The number of carbonyl (C=O) groups excluding carboxylic acids is 1. The lowest BCUT2D eigenvalue weighted by Gasteiger charge is -2.06. The minimum atomic E-state index is -0.136. The summed E-state index contributed by atoms with van der Waals surface area (Å²) in [5, 5.41) is 8.85. The Morgan fingerprint density at radius 3 is 2.73 bits per heavy atom. The van der Waals surface area contributed by atoms with E-state index in [-0.39, 0.29) is 5.91 Å². The van der Waals surface area contributed by atoms with Gasteiger partial charge in [-0.25, -0.2) is 0 Å². The van der Waals surface area contributed by atoms with Gasteiger partial charge in [0.25, 0.3) is 5.91 Å². The van der Waals surface area contributed by atoms with Gasteiger partial charge in [-0.05, 0) is 66.7 Å². The molecule has 0 aliphatic rings. The van der Waals surface area contributed by atoms with E-state index in [1.165, 1.54) is 39.1 Å². The molecule has 5 rings (SSSR count). The van der Waals surface area contributed by atoms with Crippen molar-refractivity contribution in [1.82, 2.24) is 10.3 Å². The second kappa shape index (κ2) is 9.10. The van der Waals surface area contributed by atoms with Crippen LogP contribution < -0.4 is 16.4 Å². The van der Waals surface area contributed by atoms with Crippen molar-refractivity contribution >= 4 is 49.6 Å². The molecule has 2 aromatic heterocycles. The van der Waals surface area contributed by atoms with Crippen LogP contribution >= 0.6 is 11.3 Å². The summed E-state index contributed by atoms with van der Waals surface area (Å²) in [6.45, 7) is 3.83. The molecule has 0 radical (unpaired) electrons. The molecule has 2 heterocycles. The molecule has 5 aromatic rings. The molecule has 5 nitrogen and oxygen atoms in total. The maximum Gasteiger partial charge on any atom is 0.265 e. The summed E-state index contributed by atoms with van der Waals surface area (Å²) < 4.78 is 1.10. The molecular weight excluding hydrogens is 428 g/mol. The van der Waals surface area contributed by atoms with E-state index in [4.69, 9.17) is 5.73 Å². The van der Waals surface area contributed by atoms with Gasteiger partial charge < -0.3 is 21.4 Å². The highest BCUT2D eigenvalue weighted by Crippen LogP contribution is 2.28. The predicted octanol–water partition coefficient (Wildman–Crippen LogP) is 5.86. The zero-order valence-electron chi connectivity index (χ0n) is 18.4. The van der Waals surface area contributed by atoms with Crippen LogP contribution in [0.25, 0.3) is 21.0 Å². The Kier molecular flexibility index (Phi) is 5.86. The Hall–Kier alpha value is -3.61. The van der Waals surface area contributed by atoms with Gasteiger partial charge >= 0.3 is 0 Å². The number of hydrogen-bond donors (Lipinski definition) is 4. The topological polar surface area (TPSA) is 82.9 Å². The van der Waals surface area contributed by atoms with Gasteiger partial charge in [0.1, 0.15) is 0 Å². The average Bonchev–Trinajstić information content (AvgIpc) is 3.38. The zero-order valence-corrected chi connectivity index (χ0v) is 19.3. The Morgan fingerprint density at radius 2 is 1.85 bits per heavy atom. The van der Waals surface area contributed by atoms with Crippen molar-refractivity contribution in [2.24, 2.45) is 0 Å². The fraction of sp³-hybridized carbons (Fsp3) is 0.148. The van der Waals surface area contributed by atoms with E-state index in [2.05, 4.69) is 65.0 Å². The van der Waals surface area contributed by atoms with Gasteiger partial charge in [0.05, 0.1) is 16.3 Å². The monoisotopic (exact) mass is 454 g/mol. The van der Waals surface area contributed by atoms with E-state index in [0.29, 0.717) is 16.3 Å². The van der Waals surface area contributed by atoms with E-state index >= 15 is 0 Å². The van der Waals surface area contributed by atoms with Crippen molar-refractivity contribution < 1.29 is 4.79 Å². The van der Waals surface area contributed by atoms with Crippen molar-refractivity contribution in [3.05, 3.63) is 94.5 Å². The van der Waals surface area contributed by atoms with Gasteiger partial charge in [0, 0.05) is 27.8 Å². The average molecular weight is 455 g/mol. The van der Waals surface area contributed by atoms with Crippen molar-refractivity contribution in [2.75, 3.05) is 17.6 Å². The number of hydrogen-bond acceptors (Lipinski definition) is 4. The van der Waals surface area contributed by atoms with Gasteiger partial charge in [0.15, 0.2) is 0 Å². The van der Waals surface area contributed by atoms with Crippen LogP contribution in [-0.4, -0.2) is 17.4 Å². The summed E-state index contributed by atoms with van der Waals surface area (Å²) in [7, 11) is 0. The van der Waals surface area contributed by atoms with Crippen LogP contribution in [0.15, 0.2) is 72.8 Å². The number of para-hydroxylation sites is 3. The standard InChI is InChI=1S/C27H26N4OS/c1-17-20(21-6-2-4-8-23(21)30-17)12-13-29-16-18-10-11-19-15-26(33-25(19)14-18)27(32)31-24-9-5-3-7-22(24)28/h2-11,14-15,29-30H,12-13,16,28H2,1H3,(H,31,32). The highest BCUT2D eigenvalue weighted by molar-refractivity contribution is 7.20. The minimum Gasteiger partial charge on any atom is -0.397 e. The van der Waals surface area contributed by atoms with Gasteiger partial charge in [-0.3, -0.25) is 4.79 Å². The van der Waals surface area contributed by atoms with Crippen molar-refractivity contribution in [3.63, 3.8) is 0 Å². The lowest BCUT2D eigenvalue weighted by atomic mass is 10.1. The number of aromatic amines is 1. The molecule has 0 spiro atoms. The highest BCUT2D eigenvalue weighted by Gasteiger charge is 2.12. The first-order valence-electron chi connectivity index (χ1n) is 11.0. The van der Waals surface area contributed by atoms with E-state index in [1.807, 2.05) is 24.3 Å². The smallest absolute Gasteiger partial charge is 0.265 e. The van der Waals surface area contributed by atoms with E-state index in [9.17, 15) is 4.79 Å². The van der Waals surface area contributed by atoms with Crippen molar-refractivity contribution in [1.29, 1.82) is 0 Å². The molecule has 0 saturated carbocycles. The normalized spacial score (nSPS) is 11.3. The zero-order chi connectivity index (χ0) is 22.8. The van der Waals surface area contributed by atoms with Crippen LogP contribution in [0, 0.1) is 6.92 Å². The summed E-state index contributed by atoms with van der Waals surface area (Å²) in [6, 6.07) is 24.1. The number of benzene rings is 3. The number of amides is 1. The van der Waals surface area contributed by atoms with Crippen LogP contribution in [-0.2, 0) is 13.0 Å². The van der Waals surface area contributed by atoms with Gasteiger partial charge in [-0.1, -0.05) is 42.5 Å². The largest absolute Gasteiger partial charge is 0.397 e. The minimum absolute atomic E-state index is 0.136. The Balaban J connectivity index is 1.22. The second-order valence-electron chi connectivity index (χ2n) is 8.23. The third kappa shape index (κ3) is 4.49. The third-order valence-corrected chi connectivity index (χ3v) is 7.02. The molecule has 0 atom stereocenters. The number of aryl methyl sites for hydroxylation is 1. The summed E-state index contributed by atoms with van der Waals surface area (Å²) in [4.78, 5) is 16.8. The molecule has 0 unspecified atom stereocenters. The van der Waals surface area contributed by atoms with Crippen molar-refractivity contribution in [3.8, 4) is 0 Å². The molecule has 166 valence electrons. The van der Waals surface area contributed by atoms with Crippen LogP contribution in [0.1, 0.15) is 26.5 Å². The molecule has 5 N–H and O–H groups in total. The first-order valence-corrected chi connectivity index (χ1v) is 11.9. The number of aromatic nitrogens is 1. The number of nitrogen functional groups attached to an aromatic ring is 1. The number of rotatable bonds is 7. The van der Waals surface area contributed by atoms with E-state index in [1.54, 1.807) is 6.07 Å². The van der Waals surface area contributed by atoms with Crippen LogP contribution in [0.3, 0.4) is 0 Å². The predicted molar refractivity (Wildman–Crippen MR) is 139 cm³/mol. The molecular formula is C27H26N4OS. The van der Waals surface area contributed by atoms with Crippen LogP contribution in [0.4, 0.5) is 11.4 Å². The van der Waals surface area contributed by atoms with Gasteiger partial charge in [-0.2, -0.15) is 0 Å². The van der Waals surface area contributed by atoms with Crippen molar-refractivity contribution in [2.45, 2.75) is 19.9 Å². The molecule has 0 bridgehead atoms. The fourth-order valence-electron chi connectivity index (χ4n) is 4.20. The number of nitrogens with two attached hydrogens (primary N) is 1. The van der Waals surface area contributed by atoms with Gasteiger partial charge in [0.2, 0.25) is 0 Å². The first-order chi connectivity index (χ1) is 16.1. The fourth-order valence-corrected chi connectivity index (χ4v) is 5.22. The second-order valence-corrected chi connectivity index (χ2v) is 9.31. The SMILES string of the molecule is Cc1[nH]c2ccccc2c1CCNCc1ccc2cc(C(=O)Nc3ccccc3N)sc2c1. The third-order valence-electron chi connectivity index (χ3n) is 5.93. The lowest BCUT2D eigenvalue weighted by Crippen LogP contribution is -2.16. The lowest BCUT2D eigenvalue weighted by molar-refractivity contribution is 0.103. The van der Waals surface area contributed by atoms with Gasteiger partial charge in [-0.15, -0.1) is 11.3 Å². The number of thiophene rings is 1. The molecule has 0 fully saturated rings. The first kappa shape index (κ1) is 21.2. The number of H-pyrrole nitrogens is 1. The molecule has 33 heavy (non-hydrogen) atoms. The Morgan fingerprint density at radius 1 is 1.03 bits per heavy atom. The molecule has 0 aliphatic carbocycles. The molecule has 6 heteroatoms. The Labute approximate surface area is 196 Å². The summed E-state index contributed by atoms with van der Waals surface area (Å²) >= 11 is 1.50. The molecule has 0 saturated heterocycles. The molecule has 3 aromatic carbocycles. The maximum absolute atomic E-state index is 12.7. The van der Waals surface area contributed by atoms with E-state index < -0.39 is 0 Å². The molecule has 1 amide bonds. The number of anilines is 2. The Bertz CT molecular complexity index is 1450. The van der Waals surface area contributed by atoms with Crippen LogP contribution in [0.2, 0.25) is 0 Å². The number of fused-ring (bicyclic) bond motifs is 2. The van der Waals surface area contributed by atoms with E-state index in [0.717, 1.165) is 29.6 Å². The number of nitrogens with one attached hydrogen (secondary N) is 3.